The summed E-state index contributed by atoms with van der Waals surface area (Å²) in [7, 11) is 2.05. The van der Waals surface area contributed by atoms with Gasteiger partial charge in [-0.2, -0.15) is 0 Å². The molecule has 0 heterocycles. The van der Waals surface area contributed by atoms with Gasteiger partial charge in [0.05, 0.1) is 12.1 Å². The zero-order chi connectivity index (χ0) is 13.2. The standard InChI is InChI=1S/C17H25NO/c1-12-11-16(19-10-9-13-7-8-13)17(18-2)15-6-4-3-5-14(12)15/h3-6,12-13,16-18H,7-11H2,1-2H3. The molecule has 1 aromatic carbocycles. The summed E-state index contributed by atoms with van der Waals surface area (Å²) in [6.45, 7) is 3.25. The van der Waals surface area contributed by atoms with Crippen LogP contribution in [0.3, 0.4) is 0 Å². The highest BCUT2D eigenvalue weighted by molar-refractivity contribution is 5.36. The number of hydrogen-bond acceptors (Lipinski definition) is 2. The number of hydrogen-bond donors (Lipinski definition) is 1. The Morgan fingerprint density at radius 1 is 1.21 bits per heavy atom. The maximum absolute atomic E-state index is 6.20. The third-order valence-electron chi connectivity index (χ3n) is 4.69. The van der Waals surface area contributed by atoms with E-state index >= 15 is 0 Å². The molecule has 0 aliphatic heterocycles. The fourth-order valence-electron chi connectivity index (χ4n) is 3.35. The lowest BCUT2D eigenvalue weighted by Crippen LogP contribution is -2.37. The highest BCUT2D eigenvalue weighted by Gasteiger charge is 2.33. The van der Waals surface area contributed by atoms with Gasteiger partial charge in [-0.15, -0.1) is 0 Å². The summed E-state index contributed by atoms with van der Waals surface area (Å²) in [4.78, 5) is 0. The zero-order valence-corrected chi connectivity index (χ0v) is 12.1. The molecule has 0 saturated heterocycles. The number of nitrogens with one attached hydrogen (secondary N) is 1. The van der Waals surface area contributed by atoms with Crippen LogP contribution < -0.4 is 5.32 Å². The molecule has 104 valence electrons. The van der Waals surface area contributed by atoms with Crippen LogP contribution in [-0.2, 0) is 4.74 Å². The third kappa shape index (κ3) is 2.85. The van der Waals surface area contributed by atoms with E-state index in [0.29, 0.717) is 18.1 Å². The lowest BCUT2D eigenvalue weighted by Gasteiger charge is -2.36. The minimum atomic E-state index is 0.327. The minimum Gasteiger partial charge on any atom is -0.376 e. The van der Waals surface area contributed by atoms with E-state index < -0.39 is 0 Å². The predicted molar refractivity (Wildman–Crippen MR) is 78.4 cm³/mol. The molecule has 0 radical (unpaired) electrons. The zero-order valence-electron chi connectivity index (χ0n) is 12.1. The summed E-state index contributed by atoms with van der Waals surface area (Å²) in [5.74, 6) is 1.56. The minimum absolute atomic E-state index is 0.327. The monoisotopic (exact) mass is 259 g/mol. The Kier molecular flexibility index (Phi) is 3.90. The van der Waals surface area contributed by atoms with Crippen LogP contribution in [0.15, 0.2) is 24.3 Å². The maximum Gasteiger partial charge on any atom is 0.0775 e. The van der Waals surface area contributed by atoms with E-state index in [-0.39, 0.29) is 0 Å². The summed E-state index contributed by atoms with van der Waals surface area (Å²) in [5.41, 5.74) is 2.92. The molecule has 1 fully saturated rings. The van der Waals surface area contributed by atoms with Gasteiger partial charge in [-0.25, -0.2) is 0 Å². The van der Waals surface area contributed by atoms with Crippen molar-refractivity contribution in [2.24, 2.45) is 5.92 Å². The summed E-state index contributed by atoms with van der Waals surface area (Å²) in [6, 6.07) is 9.17. The fraction of sp³-hybridized carbons (Fsp3) is 0.647. The molecular weight excluding hydrogens is 234 g/mol. The van der Waals surface area contributed by atoms with E-state index in [1.54, 1.807) is 0 Å². The van der Waals surface area contributed by atoms with Crippen LogP contribution in [0.2, 0.25) is 0 Å². The first-order valence-corrected chi connectivity index (χ1v) is 7.67. The Labute approximate surface area is 116 Å². The van der Waals surface area contributed by atoms with Crippen LogP contribution in [0.25, 0.3) is 0 Å². The van der Waals surface area contributed by atoms with Crippen LogP contribution in [0.5, 0.6) is 0 Å². The molecule has 3 rings (SSSR count). The van der Waals surface area contributed by atoms with E-state index in [0.717, 1.165) is 18.9 Å². The van der Waals surface area contributed by atoms with Crippen molar-refractivity contribution in [2.75, 3.05) is 13.7 Å². The molecule has 1 aromatic rings. The van der Waals surface area contributed by atoms with Crippen molar-refractivity contribution >= 4 is 0 Å². The quantitative estimate of drug-likeness (QED) is 0.871. The van der Waals surface area contributed by atoms with Crippen molar-refractivity contribution in [1.82, 2.24) is 5.32 Å². The van der Waals surface area contributed by atoms with Crippen molar-refractivity contribution in [3.63, 3.8) is 0 Å². The van der Waals surface area contributed by atoms with E-state index in [1.807, 2.05) is 0 Å². The largest absolute Gasteiger partial charge is 0.376 e. The second-order valence-electron chi connectivity index (χ2n) is 6.17. The highest BCUT2D eigenvalue weighted by Crippen LogP contribution is 2.39. The van der Waals surface area contributed by atoms with Gasteiger partial charge in [0.25, 0.3) is 0 Å². The van der Waals surface area contributed by atoms with Crippen LogP contribution >= 0.6 is 0 Å². The molecule has 2 nitrogen and oxygen atoms in total. The number of rotatable bonds is 5. The molecule has 1 saturated carbocycles. The third-order valence-corrected chi connectivity index (χ3v) is 4.69. The average molecular weight is 259 g/mol. The normalized spacial score (nSPS) is 30.1. The van der Waals surface area contributed by atoms with Crippen molar-refractivity contribution in [3.05, 3.63) is 35.4 Å². The summed E-state index contributed by atoms with van der Waals surface area (Å²) < 4.78 is 6.20. The van der Waals surface area contributed by atoms with Crippen molar-refractivity contribution in [1.29, 1.82) is 0 Å². The van der Waals surface area contributed by atoms with Crippen LogP contribution in [0.1, 0.15) is 55.7 Å². The lowest BCUT2D eigenvalue weighted by molar-refractivity contribution is 0.00971. The smallest absolute Gasteiger partial charge is 0.0775 e. The van der Waals surface area contributed by atoms with Gasteiger partial charge in [0.15, 0.2) is 0 Å². The Balaban J connectivity index is 1.70. The van der Waals surface area contributed by atoms with Gasteiger partial charge < -0.3 is 10.1 Å². The number of likely N-dealkylation sites (N-methyl/N-ethyl adjacent to an activating group) is 1. The summed E-state index contributed by atoms with van der Waals surface area (Å²) in [6.07, 6.45) is 5.55. The average Bonchev–Trinajstić information content (AvgIpc) is 3.23. The molecule has 19 heavy (non-hydrogen) atoms. The number of fused-ring (bicyclic) bond motifs is 1. The molecule has 3 unspecified atom stereocenters. The van der Waals surface area contributed by atoms with E-state index in [1.165, 1.54) is 30.4 Å². The van der Waals surface area contributed by atoms with E-state index in [4.69, 9.17) is 4.74 Å². The first-order valence-electron chi connectivity index (χ1n) is 7.67. The van der Waals surface area contributed by atoms with Crippen LogP contribution in [0.4, 0.5) is 0 Å². The Hall–Kier alpha value is -0.860. The van der Waals surface area contributed by atoms with Gasteiger partial charge in [-0.3, -0.25) is 0 Å². The van der Waals surface area contributed by atoms with Gasteiger partial charge in [0.1, 0.15) is 0 Å². The Bertz CT molecular complexity index is 427. The first kappa shape index (κ1) is 13.1. The van der Waals surface area contributed by atoms with Crippen LogP contribution in [-0.4, -0.2) is 19.8 Å². The van der Waals surface area contributed by atoms with Crippen molar-refractivity contribution in [3.8, 4) is 0 Å². The van der Waals surface area contributed by atoms with Gasteiger partial charge in [-0.05, 0) is 42.9 Å². The van der Waals surface area contributed by atoms with Crippen molar-refractivity contribution in [2.45, 2.75) is 50.7 Å². The molecule has 1 N–H and O–H groups in total. The SMILES string of the molecule is CNC1c2ccccc2C(C)CC1OCCC1CC1. The number of ether oxygens (including phenoxy) is 1. The van der Waals surface area contributed by atoms with Gasteiger partial charge in [0.2, 0.25) is 0 Å². The highest BCUT2D eigenvalue weighted by atomic mass is 16.5. The molecule has 2 aliphatic rings. The Morgan fingerprint density at radius 3 is 2.63 bits per heavy atom. The summed E-state index contributed by atoms with van der Waals surface area (Å²) in [5, 5.41) is 3.46. The lowest BCUT2D eigenvalue weighted by atomic mass is 9.79. The molecule has 0 bridgehead atoms. The fourth-order valence-corrected chi connectivity index (χ4v) is 3.35. The molecule has 2 heteroatoms. The second kappa shape index (κ2) is 5.64. The second-order valence-corrected chi connectivity index (χ2v) is 6.17. The van der Waals surface area contributed by atoms with Gasteiger partial charge in [0, 0.05) is 6.61 Å². The van der Waals surface area contributed by atoms with Gasteiger partial charge >= 0.3 is 0 Å². The molecule has 0 aromatic heterocycles. The molecule has 2 aliphatic carbocycles. The molecule has 0 amide bonds. The molecular formula is C17H25NO. The van der Waals surface area contributed by atoms with Crippen LogP contribution in [0, 0.1) is 5.92 Å². The van der Waals surface area contributed by atoms with E-state index in [2.05, 4.69) is 43.6 Å². The molecule has 0 spiro atoms. The topological polar surface area (TPSA) is 21.3 Å². The number of benzene rings is 1. The van der Waals surface area contributed by atoms with E-state index in [9.17, 15) is 0 Å². The first-order chi connectivity index (χ1) is 9.29. The van der Waals surface area contributed by atoms with Crippen molar-refractivity contribution < 1.29 is 4.74 Å². The summed E-state index contributed by atoms with van der Waals surface area (Å²) >= 11 is 0. The Morgan fingerprint density at radius 2 is 1.95 bits per heavy atom. The van der Waals surface area contributed by atoms with Gasteiger partial charge in [-0.1, -0.05) is 44.0 Å². The maximum atomic E-state index is 6.20. The predicted octanol–water partition coefficient (Wildman–Crippen LogP) is 3.64. The molecule has 3 atom stereocenters.